The summed E-state index contributed by atoms with van der Waals surface area (Å²) in [6.45, 7) is 11.5. The smallest absolute Gasteiger partial charge is 0.151 e. The second kappa shape index (κ2) is 6.92. The van der Waals surface area contributed by atoms with Crippen LogP contribution < -0.4 is 4.90 Å². The molecule has 3 rings (SSSR count). The number of nitrogens with zero attached hydrogens (tertiary/aromatic N) is 5. The van der Waals surface area contributed by atoms with Gasteiger partial charge >= 0.3 is 0 Å². The lowest BCUT2D eigenvalue weighted by Gasteiger charge is -2.42. The second-order valence-electron chi connectivity index (χ2n) is 6.94. The molecule has 122 valence electrons. The molecule has 22 heavy (non-hydrogen) atoms. The Bertz CT molecular complexity index is 458. The van der Waals surface area contributed by atoms with Crippen molar-refractivity contribution in [2.45, 2.75) is 32.7 Å². The maximum atomic E-state index is 4.33. The monoisotopic (exact) mass is 303 g/mol. The molecule has 3 heterocycles. The molecule has 0 bridgehead atoms. The maximum Gasteiger partial charge on any atom is 0.151 e. The number of anilines is 1. The Morgan fingerprint density at radius 2 is 1.68 bits per heavy atom. The van der Waals surface area contributed by atoms with Gasteiger partial charge in [0.05, 0.1) is 5.69 Å². The van der Waals surface area contributed by atoms with Crippen LogP contribution in [-0.4, -0.2) is 72.4 Å². The Kier molecular flexibility index (Phi) is 4.93. The van der Waals surface area contributed by atoms with Crippen molar-refractivity contribution in [3.63, 3.8) is 0 Å². The van der Waals surface area contributed by atoms with Crippen LogP contribution in [0.3, 0.4) is 0 Å². The molecule has 1 atom stereocenters. The van der Waals surface area contributed by atoms with Gasteiger partial charge in [-0.25, -0.2) is 0 Å². The average molecular weight is 303 g/mol. The van der Waals surface area contributed by atoms with Crippen molar-refractivity contribution >= 4 is 5.82 Å². The Balaban J connectivity index is 1.51. The lowest BCUT2D eigenvalue weighted by molar-refractivity contribution is 0.0813. The minimum Gasteiger partial charge on any atom is -0.355 e. The standard InChI is InChI=1S/C17H29N5/c1-14-4-5-17(19-18-14)22-8-6-16(7-9-22)15(2)21-12-10-20(3)11-13-21/h4-5,15-16H,6-13H2,1-3H3. The molecule has 5 nitrogen and oxygen atoms in total. The van der Waals surface area contributed by atoms with Gasteiger partial charge in [-0.3, -0.25) is 4.90 Å². The lowest BCUT2D eigenvalue weighted by atomic mass is 9.89. The second-order valence-corrected chi connectivity index (χ2v) is 6.94. The fourth-order valence-electron chi connectivity index (χ4n) is 3.70. The molecule has 2 aliphatic rings. The van der Waals surface area contributed by atoms with Crippen LogP contribution >= 0.6 is 0 Å². The van der Waals surface area contributed by atoms with E-state index in [1.807, 2.05) is 6.92 Å². The van der Waals surface area contributed by atoms with Crippen molar-refractivity contribution in [1.29, 1.82) is 0 Å². The predicted molar refractivity (Wildman–Crippen MR) is 90.2 cm³/mol. The first-order chi connectivity index (χ1) is 10.6. The Morgan fingerprint density at radius 3 is 2.27 bits per heavy atom. The van der Waals surface area contributed by atoms with E-state index in [9.17, 15) is 0 Å². The van der Waals surface area contributed by atoms with Crippen LogP contribution in [0.1, 0.15) is 25.5 Å². The Hall–Kier alpha value is -1.20. The first kappa shape index (κ1) is 15.7. The van der Waals surface area contributed by atoms with Crippen LogP contribution in [0.5, 0.6) is 0 Å². The van der Waals surface area contributed by atoms with Gasteiger partial charge in [0.25, 0.3) is 0 Å². The molecule has 1 aromatic rings. The molecule has 0 aliphatic carbocycles. The highest BCUT2D eigenvalue weighted by Gasteiger charge is 2.29. The van der Waals surface area contributed by atoms with E-state index < -0.39 is 0 Å². The number of likely N-dealkylation sites (N-methyl/N-ethyl adjacent to an activating group) is 1. The summed E-state index contributed by atoms with van der Waals surface area (Å²) in [6.07, 6.45) is 2.53. The van der Waals surface area contributed by atoms with E-state index in [4.69, 9.17) is 0 Å². The van der Waals surface area contributed by atoms with Crippen LogP contribution in [-0.2, 0) is 0 Å². The minimum absolute atomic E-state index is 0.708. The van der Waals surface area contributed by atoms with Gasteiger partial charge in [0, 0.05) is 45.3 Å². The van der Waals surface area contributed by atoms with E-state index in [0.29, 0.717) is 6.04 Å². The van der Waals surface area contributed by atoms with E-state index in [1.54, 1.807) is 0 Å². The highest BCUT2D eigenvalue weighted by atomic mass is 15.3. The molecule has 0 radical (unpaired) electrons. The van der Waals surface area contributed by atoms with Crippen molar-refractivity contribution < 1.29 is 0 Å². The van der Waals surface area contributed by atoms with Crippen molar-refractivity contribution in [3.05, 3.63) is 17.8 Å². The molecular weight excluding hydrogens is 274 g/mol. The fourth-order valence-corrected chi connectivity index (χ4v) is 3.70. The van der Waals surface area contributed by atoms with Gasteiger partial charge in [0.1, 0.15) is 0 Å². The summed E-state index contributed by atoms with van der Waals surface area (Å²) < 4.78 is 0. The minimum atomic E-state index is 0.708. The van der Waals surface area contributed by atoms with Crippen LogP contribution in [0, 0.1) is 12.8 Å². The van der Waals surface area contributed by atoms with E-state index in [-0.39, 0.29) is 0 Å². The van der Waals surface area contributed by atoms with Gasteiger partial charge < -0.3 is 9.80 Å². The van der Waals surface area contributed by atoms with Gasteiger partial charge in [-0.05, 0) is 51.8 Å². The van der Waals surface area contributed by atoms with Crippen LogP contribution in [0.15, 0.2) is 12.1 Å². The van der Waals surface area contributed by atoms with Crippen molar-refractivity contribution in [2.75, 3.05) is 51.2 Å². The van der Waals surface area contributed by atoms with Crippen molar-refractivity contribution in [2.24, 2.45) is 5.92 Å². The van der Waals surface area contributed by atoms with Crippen molar-refractivity contribution in [1.82, 2.24) is 20.0 Å². The Labute approximate surface area is 134 Å². The van der Waals surface area contributed by atoms with Crippen LogP contribution in [0.2, 0.25) is 0 Å². The highest BCUT2D eigenvalue weighted by Crippen LogP contribution is 2.26. The molecule has 1 unspecified atom stereocenters. The van der Waals surface area contributed by atoms with E-state index in [1.165, 1.54) is 39.0 Å². The lowest BCUT2D eigenvalue weighted by Crippen LogP contribution is -2.51. The largest absolute Gasteiger partial charge is 0.355 e. The number of hydrogen-bond donors (Lipinski definition) is 0. The SMILES string of the molecule is Cc1ccc(N2CCC(C(C)N3CCN(C)CC3)CC2)nn1. The molecule has 0 aromatic carbocycles. The molecule has 0 spiro atoms. The highest BCUT2D eigenvalue weighted by molar-refractivity contribution is 5.37. The topological polar surface area (TPSA) is 35.5 Å². The van der Waals surface area contributed by atoms with Crippen molar-refractivity contribution in [3.8, 4) is 0 Å². The van der Waals surface area contributed by atoms with Gasteiger partial charge in [-0.15, -0.1) is 5.10 Å². The predicted octanol–water partition coefficient (Wildman–Crippen LogP) is 1.64. The molecule has 2 fully saturated rings. The quantitative estimate of drug-likeness (QED) is 0.848. The number of piperidine rings is 1. The van der Waals surface area contributed by atoms with Crippen LogP contribution in [0.25, 0.3) is 0 Å². The average Bonchev–Trinajstić information content (AvgIpc) is 2.56. The number of aromatic nitrogens is 2. The van der Waals surface area contributed by atoms with E-state index in [0.717, 1.165) is 30.5 Å². The summed E-state index contributed by atoms with van der Waals surface area (Å²) in [5.41, 5.74) is 0.988. The molecular formula is C17H29N5. The van der Waals surface area contributed by atoms with Gasteiger partial charge in [-0.2, -0.15) is 5.10 Å². The molecule has 0 saturated carbocycles. The van der Waals surface area contributed by atoms with Gasteiger partial charge in [0.15, 0.2) is 5.82 Å². The first-order valence-corrected chi connectivity index (χ1v) is 8.61. The number of aryl methyl sites for hydroxylation is 1. The third-order valence-electron chi connectivity index (χ3n) is 5.44. The third kappa shape index (κ3) is 3.58. The summed E-state index contributed by atoms with van der Waals surface area (Å²) >= 11 is 0. The molecule has 2 aliphatic heterocycles. The molecule has 2 saturated heterocycles. The summed E-state index contributed by atoms with van der Waals surface area (Å²) in [6, 6.07) is 4.87. The summed E-state index contributed by atoms with van der Waals surface area (Å²) in [5.74, 6) is 1.86. The third-order valence-corrected chi connectivity index (χ3v) is 5.44. The molecule has 5 heteroatoms. The Morgan fingerprint density at radius 1 is 1.00 bits per heavy atom. The first-order valence-electron chi connectivity index (χ1n) is 8.61. The molecule has 0 N–H and O–H groups in total. The fraction of sp³-hybridized carbons (Fsp3) is 0.765. The molecule has 0 amide bonds. The number of rotatable bonds is 3. The molecule has 1 aromatic heterocycles. The zero-order chi connectivity index (χ0) is 15.5. The van der Waals surface area contributed by atoms with Gasteiger partial charge in [-0.1, -0.05) is 0 Å². The number of hydrogen-bond acceptors (Lipinski definition) is 5. The summed E-state index contributed by atoms with van der Waals surface area (Å²) in [7, 11) is 2.23. The maximum absolute atomic E-state index is 4.33. The van der Waals surface area contributed by atoms with E-state index in [2.05, 4.69) is 51.0 Å². The van der Waals surface area contributed by atoms with E-state index >= 15 is 0 Å². The summed E-state index contributed by atoms with van der Waals surface area (Å²) in [4.78, 5) is 7.51. The zero-order valence-electron chi connectivity index (χ0n) is 14.2. The van der Waals surface area contributed by atoms with Crippen LogP contribution in [0.4, 0.5) is 5.82 Å². The normalized spacial score (nSPS) is 23.7. The zero-order valence-corrected chi connectivity index (χ0v) is 14.2. The number of piperazine rings is 1. The van der Waals surface area contributed by atoms with Gasteiger partial charge in [0.2, 0.25) is 0 Å². The summed E-state index contributed by atoms with van der Waals surface area (Å²) in [5, 5.41) is 8.51.